The molecule has 1 aromatic carbocycles. The van der Waals surface area contributed by atoms with Crippen LogP contribution in [0.4, 0.5) is 5.69 Å². The summed E-state index contributed by atoms with van der Waals surface area (Å²) < 4.78 is 31.8. The van der Waals surface area contributed by atoms with Crippen LogP contribution in [0.2, 0.25) is 0 Å². The minimum Gasteiger partial charge on any atom is -0.452 e. The first-order valence-corrected chi connectivity index (χ1v) is 11.4. The monoisotopic (exact) mass is 436 g/mol. The molecule has 9 heteroatoms. The van der Waals surface area contributed by atoms with Crippen molar-refractivity contribution in [3.63, 3.8) is 0 Å². The van der Waals surface area contributed by atoms with E-state index in [-0.39, 0.29) is 4.90 Å². The summed E-state index contributed by atoms with van der Waals surface area (Å²) in [6.07, 6.45) is 2.86. The highest BCUT2D eigenvalue weighted by Gasteiger charge is 2.24. The summed E-state index contributed by atoms with van der Waals surface area (Å²) in [5.41, 5.74) is 0.900. The van der Waals surface area contributed by atoms with Gasteiger partial charge in [-0.1, -0.05) is 26.0 Å². The van der Waals surface area contributed by atoms with Crippen LogP contribution < -0.4 is 5.32 Å². The number of nitrogens with zero attached hydrogens (tertiary/aromatic N) is 1. The van der Waals surface area contributed by atoms with Crippen LogP contribution in [0.25, 0.3) is 6.08 Å². The Morgan fingerprint density at radius 1 is 1.21 bits per heavy atom. The van der Waals surface area contributed by atoms with Crippen LogP contribution in [-0.2, 0) is 24.3 Å². The first kappa shape index (κ1) is 22.8. The highest BCUT2D eigenvalue weighted by atomic mass is 32.2. The van der Waals surface area contributed by atoms with Gasteiger partial charge in [0, 0.05) is 29.7 Å². The number of amides is 1. The van der Waals surface area contributed by atoms with Crippen LogP contribution >= 0.6 is 11.3 Å². The molecule has 1 N–H and O–H groups in total. The Bertz CT molecular complexity index is 978. The molecule has 156 valence electrons. The third-order valence-corrected chi connectivity index (χ3v) is 7.10. The van der Waals surface area contributed by atoms with E-state index in [0.29, 0.717) is 24.3 Å². The van der Waals surface area contributed by atoms with Gasteiger partial charge in [0.05, 0.1) is 4.90 Å². The van der Waals surface area contributed by atoms with Crippen molar-refractivity contribution < 1.29 is 22.7 Å². The zero-order chi connectivity index (χ0) is 21.4. The molecule has 0 aliphatic heterocycles. The van der Waals surface area contributed by atoms with E-state index in [1.807, 2.05) is 17.5 Å². The van der Waals surface area contributed by atoms with Gasteiger partial charge in [0.2, 0.25) is 10.0 Å². The van der Waals surface area contributed by atoms with Crippen LogP contribution in [-0.4, -0.2) is 44.3 Å². The van der Waals surface area contributed by atoms with Gasteiger partial charge >= 0.3 is 5.97 Å². The molecule has 1 heterocycles. The Hall–Kier alpha value is -2.49. The van der Waals surface area contributed by atoms with Crippen molar-refractivity contribution in [3.8, 4) is 0 Å². The Labute approximate surface area is 175 Å². The van der Waals surface area contributed by atoms with Crippen LogP contribution in [0.1, 0.15) is 24.3 Å². The largest absolute Gasteiger partial charge is 0.452 e. The smallest absolute Gasteiger partial charge is 0.331 e. The van der Waals surface area contributed by atoms with E-state index in [2.05, 4.69) is 5.32 Å². The third kappa shape index (κ3) is 6.25. The van der Waals surface area contributed by atoms with E-state index in [1.165, 1.54) is 27.8 Å². The van der Waals surface area contributed by atoms with Crippen LogP contribution in [0.3, 0.4) is 0 Å². The molecular formula is C20H24N2O5S2. The zero-order valence-corrected chi connectivity index (χ0v) is 18.2. The first-order chi connectivity index (χ1) is 13.8. The molecule has 1 amide bonds. The molecule has 0 spiro atoms. The fourth-order valence-electron chi connectivity index (χ4n) is 2.58. The molecule has 0 aliphatic carbocycles. The van der Waals surface area contributed by atoms with Crippen molar-refractivity contribution in [1.82, 2.24) is 4.31 Å². The maximum Gasteiger partial charge on any atom is 0.331 e. The summed E-state index contributed by atoms with van der Waals surface area (Å²) in [4.78, 5) is 24.8. The molecule has 0 atom stereocenters. The van der Waals surface area contributed by atoms with Gasteiger partial charge in [-0.15, -0.1) is 11.3 Å². The van der Waals surface area contributed by atoms with Gasteiger partial charge in [-0.3, -0.25) is 4.79 Å². The average molecular weight is 437 g/mol. The predicted octanol–water partition coefficient (Wildman–Crippen LogP) is 3.28. The molecule has 7 nitrogen and oxygen atoms in total. The van der Waals surface area contributed by atoms with Crippen LogP contribution in [0.15, 0.2) is 46.7 Å². The van der Waals surface area contributed by atoms with Crippen LogP contribution in [0.5, 0.6) is 0 Å². The maximum atomic E-state index is 12.8. The quantitative estimate of drug-likeness (QED) is 0.481. The number of carbonyl (C=O) groups is 2. The maximum absolute atomic E-state index is 12.8. The Kier molecular flexibility index (Phi) is 8.12. The van der Waals surface area contributed by atoms with E-state index in [0.717, 1.165) is 4.88 Å². The van der Waals surface area contributed by atoms with Crippen LogP contribution in [0, 0.1) is 6.92 Å². The highest BCUT2D eigenvalue weighted by Crippen LogP contribution is 2.23. The lowest BCUT2D eigenvalue weighted by Crippen LogP contribution is -2.31. The normalized spacial score (nSPS) is 11.7. The van der Waals surface area contributed by atoms with Crippen molar-refractivity contribution in [2.75, 3.05) is 25.0 Å². The summed E-state index contributed by atoms with van der Waals surface area (Å²) in [7, 11) is -3.66. The van der Waals surface area contributed by atoms with Gasteiger partial charge in [0.25, 0.3) is 5.91 Å². The molecule has 0 radical (unpaired) electrons. The summed E-state index contributed by atoms with van der Waals surface area (Å²) in [6, 6.07) is 8.36. The molecule has 0 unspecified atom stereocenters. The molecule has 0 fully saturated rings. The fraction of sp³-hybridized carbons (Fsp3) is 0.300. The van der Waals surface area contributed by atoms with E-state index in [1.54, 1.807) is 39.0 Å². The van der Waals surface area contributed by atoms with Crippen molar-refractivity contribution in [3.05, 3.63) is 52.2 Å². The third-order valence-electron chi connectivity index (χ3n) is 4.07. The topological polar surface area (TPSA) is 92.8 Å². The molecule has 0 saturated heterocycles. The second-order valence-corrected chi connectivity index (χ2v) is 8.96. The minimum absolute atomic E-state index is 0.134. The number of aryl methyl sites for hydroxylation is 1. The molecule has 29 heavy (non-hydrogen) atoms. The predicted molar refractivity (Wildman–Crippen MR) is 114 cm³/mol. The molecule has 0 saturated carbocycles. The van der Waals surface area contributed by atoms with Gasteiger partial charge in [-0.25, -0.2) is 13.2 Å². The minimum atomic E-state index is -3.66. The number of hydrogen-bond donors (Lipinski definition) is 1. The average Bonchev–Trinajstić information content (AvgIpc) is 3.20. The van der Waals surface area contributed by atoms with Crippen molar-refractivity contribution >= 4 is 45.0 Å². The molecule has 2 rings (SSSR count). The molecule has 2 aromatic rings. The standard InChI is InChI=1S/C20H24N2O5S2/c1-4-22(5-2)29(25,26)18-13-16(9-8-15(18)3)21-19(23)14-27-20(24)11-10-17-7-6-12-28-17/h6-13H,4-5,14H2,1-3H3,(H,21,23). The van der Waals surface area contributed by atoms with E-state index in [9.17, 15) is 18.0 Å². The van der Waals surface area contributed by atoms with E-state index in [4.69, 9.17) is 4.74 Å². The number of esters is 1. The van der Waals surface area contributed by atoms with Crippen molar-refractivity contribution in [2.45, 2.75) is 25.7 Å². The summed E-state index contributed by atoms with van der Waals surface area (Å²) in [6.45, 7) is 5.46. The molecule has 0 aliphatic rings. The van der Waals surface area contributed by atoms with Gasteiger partial charge in [-0.05, 0) is 42.1 Å². The number of rotatable bonds is 9. The SMILES string of the molecule is CCN(CC)S(=O)(=O)c1cc(NC(=O)COC(=O)C=Cc2cccs2)ccc1C. The lowest BCUT2D eigenvalue weighted by molar-refractivity contribution is -0.142. The Morgan fingerprint density at radius 2 is 1.93 bits per heavy atom. The number of benzene rings is 1. The Balaban J connectivity index is 2.01. The lowest BCUT2D eigenvalue weighted by Gasteiger charge is -2.20. The van der Waals surface area contributed by atoms with E-state index < -0.39 is 28.5 Å². The van der Waals surface area contributed by atoms with Crippen molar-refractivity contribution in [1.29, 1.82) is 0 Å². The molecule has 1 aromatic heterocycles. The van der Waals surface area contributed by atoms with Gasteiger partial charge in [-0.2, -0.15) is 4.31 Å². The van der Waals surface area contributed by atoms with Gasteiger partial charge < -0.3 is 10.1 Å². The number of ether oxygens (including phenoxy) is 1. The highest BCUT2D eigenvalue weighted by molar-refractivity contribution is 7.89. The van der Waals surface area contributed by atoms with Crippen molar-refractivity contribution in [2.24, 2.45) is 0 Å². The summed E-state index contributed by atoms with van der Waals surface area (Å²) >= 11 is 1.47. The number of hydrogen-bond acceptors (Lipinski definition) is 6. The molecule has 0 bridgehead atoms. The van der Waals surface area contributed by atoms with Gasteiger partial charge in [0.1, 0.15) is 0 Å². The molecular weight excluding hydrogens is 412 g/mol. The number of anilines is 1. The number of sulfonamides is 1. The number of carbonyl (C=O) groups excluding carboxylic acids is 2. The second kappa shape index (κ2) is 10.3. The number of nitrogens with one attached hydrogen (secondary N) is 1. The fourth-order valence-corrected chi connectivity index (χ4v) is 4.90. The second-order valence-electron chi connectivity index (χ2n) is 6.07. The van der Waals surface area contributed by atoms with Gasteiger partial charge in [0.15, 0.2) is 6.61 Å². The number of thiophene rings is 1. The van der Waals surface area contributed by atoms with E-state index >= 15 is 0 Å². The first-order valence-electron chi connectivity index (χ1n) is 9.07. The summed E-state index contributed by atoms with van der Waals surface area (Å²) in [5.74, 6) is -1.19. The zero-order valence-electron chi connectivity index (χ0n) is 16.5. The summed E-state index contributed by atoms with van der Waals surface area (Å²) in [5, 5.41) is 4.44. The lowest BCUT2D eigenvalue weighted by atomic mass is 10.2. The Morgan fingerprint density at radius 3 is 2.55 bits per heavy atom.